The van der Waals surface area contributed by atoms with Crippen LogP contribution in [-0.2, 0) is 0 Å². The summed E-state index contributed by atoms with van der Waals surface area (Å²) in [6.07, 6.45) is 2.02. The molecule has 0 amide bonds. The van der Waals surface area contributed by atoms with Crippen molar-refractivity contribution in [2.75, 3.05) is 0 Å². The summed E-state index contributed by atoms with van der Waals surface area (Å²) in [6.45, 7) is 17.4. The molecule has 0 saturated carbocycles. The molecule has 1 aromatic carbocycles. The normalized spacial score (nSPS) is 12.3. The van der Waals surface area contributed by atoms with Crippen LogP contribution in [0.5, 0.6) is 0 Å². The second-order valence-electron chi connectivity index (χ2n) is 6.65. The van der Waals surface area contributed by atoms with Gasteiger partial charge in [0.15, 0.2) is 0 Å². The van der Waals surface area contributed by atoms with Gasteiger partial charge in [0.05, 0.1) is 5.69 Å². The van der Waals surface area contributed by atoms with Crippen LogP contribution in [0.1, 0.15) is 51.7 Å². The van der Waals surface area contributed by atoms with Gasteiger partial charge in [-0.2, -0.15) is 0 Å². The van der Waals surface area contributed by atoms with Gasteiger partial charge in [0.1, 0.15) is 0 Å². The van der Waals surface area contributed by atoms with E-state index in [0.717, 1.165) is 18.5 Å². The van der Waals surface area contributed by atoms with E-state index in [4.69, 9.17) is 4.99 Å². The molecule has 0 aliphatic carbocycles. The second kappa shape index (κ2) is 7.42. The highest BCUT2D eigenvalue weighted by molar-refractivity contribution is 6.01. The molecule has 0 radical (unpaired) electrons. The predicted octanol–water partition coefficient (Wildman–Crippen LogP) is 6.02. The third kappa shape index (κ3) is 5.32. The largest absolute Gasteiger partial charge is 0.253 e. The first-order valence-electron chi connectivity index (χ1n) is 7.62. The fraction of sp³-hybridized carbons (Fsp3) is 0.526. The summed E-state index contributed by atoms with van der Waals surface area (Å²) in [5.74, 6) is 1.22. The molecule has 1 aromatic rings. The second-order valence-corrected chi connectivity index (χ2v) is 6.65. The van der Waals surface area contributed by atoms with Gasteiger partial charge in [-0.15, -0.1) is 0 Å². The molecule has 0 aliphatic rings. The van der Waals surface area contributed by atoms with Gasteiger partial charge in [0.2, 0.25) is 0 Å². The maximum atomic E-state index is 4.91. The number of aryl methyl sites for hydroxylation is 2. The summed E-state index contributed by atoms with van der Waals surface area (Å²) in [5, 5.41) is 0. The summed E-state index contributed by atoms with van der Waals surface area (Å²) < 4.78 is 0. The topological polar surface area (TPSA) is 12.4 Å². The molecule has 0 bridgehead atoms. The van der Waals surface area contributed by atoms with E-state index in [1.807, 2.05) is 0 Å². The van der Waals surface area contributed by atoms with Crippen molar-refractivity contribution in [3.05, 3.63) is 41.5 Å². The van der Waals surface area contributed by atoms with E-state index in [2.05, 4.69) is 66.3 Å². The van der Waals surface area contributed by atoms with Gasteiger partial charge >= 0.3 is 0 Å². The van der Waals surface area contributed by atoms with Crippen LogP contribution < -0.4 is 0 Å². The Labute approximate surface area is 124 Å². The molecule has 0 saturated heterocycles. The van der Waals surface area contributed by atoms with Crippen molar-refractivity contribution in [2.45, 2.75) is 54.4 Å². The number of nitrogens with zero attached hydrogens (tertiary/aromatic N) is 1. The van der Waals surface area contributed by atoms with Crippen LogP contribution in [0.25, 0.3) is 0 Å². The van der Waals surface area contributed by atoms with Gasteiger partial charge in [0.25, 0.3) is 0 Å². The summed E-state index contributed by atoms with van der Waals surface area (Å²) >= 11 is 0. The Morgan fingerprint density at radius 3 is 2.15 bits per heavy atom. The smallest absolute Gasteiger partial charge is 0.0662 e. The maximum absolute atomic E-state index is 4.91. The number of hydrogen-bond acceptors (Lipinski definition) is 1. The van der Waals surface area contributed by atoms with E-state index in [9.17, 15) is 0 Å². The van der Waals surface area contributed by atoms with Crippen LogP contribution in [0.3, 0.4) is 0 Å². The van der Waals surface area contributed by atoms with E-state index < -0.39 is 0 Å². The lowest BCUT2D eigenvalue weighted by Crippen LogP contribution is -2.08. The van der Waals surface area contributed by atoms with Gasteiger partial charge in [-0.25, -0.2) is 0 Å². The standard InChI is InChI=1S/C19H29N/c1-13(2)10-16(6)19(11-14(3)4)20-18-9-8-15(5)12-17(18)7/h8-9,12-14H,6,10-11H2,1-5,7H3/b20-19-. The van der Waals surface area contributed by atoms with Crippen LogP contribution in [-0.4, -0.2) is 5.71 Å². The number of allylic oxidation sites excluding steroid dienone is 1. The molecule has 0 N–H and O–H groups in total. The van der Waals surface area contributed by atoms with Crippen molar-refractivity contribution in [2.24, 2.45) is 16.8 Å². The molecule has 0 unspecified atom stereocenters. The summed E-state index contributed by atoms with van der Waals surface area (Å²) in [6, 6.07) is 6.44. The Morgan fingerprint density at radius 1 is 1.05 bits per heavy atom. The Kier molecular flexibility index (Phi) is 6.19. The van der Waals surface area contributed by atoms with Gasteiger partial charge in [-0.1, -0.05) is 52.0 Å². The minimum atomic E-state index is 0.600. The van der Waals surface area contributed by atoms with Crippen molar-refractivity contribution in [3.8, 4) is 0 Å². The van der Waals surface area contributed by atoms with Gasteiger partial charge in [-0.3, -0.25) is 4.99 Å². The number of hydrogen-bond donors (Lipinski definition) is 0. The van der Waals surface area contributed by atoms with Gasteiger partial charge in [-0.05, 0) is 55.7 Å². The predicted molar refractivity (Wildman–Crippen MR) is 91.1 cm³/mol. The Bertz CT molecular complexity index is 492. The quantitative estimate of drug-likeness (QED) is 0.561. The highest BCUT2D eigenvalue weighted by Gasteiger charge is 2.10. The first kappa shape index (κ1) is 16.7. The minimum Gasteiger partial charge on any atom is -0.253 e. The third-order valence-corrected chi connectivity index (χ3v) is 3.27. The molecule has 0 aromatic heterocycles. The average molecular weight is 271 g/mol. The molecule has 0 atom stereocenters. The molecule has 110 valence electrons. The van der Waals surface area contributed by atoms with Crippen LogP contribution >= 0.6 is 0 Å². The van der Waals surface area contributed by atoms with Crippen LogP contribution in [0.4, 0.5) is 5.69 Å². The molecule has 0 aliphatic heterocycles. The maximum Gasteiger partial charge on any atom is 0.0662 e. The lowest BCUT2D eigenvalue weighted by Gasteiger charge is -2.15. The first-order valence-corrected chi connectivity index (χ1v) is 7.62. The third-order valence-electron chi connectivity index (χ3n) is 3.27. The average Bonchev–Trinajstić information content (AvgIpc) is 2.30. The lowest BCUT2D eigenvalue weighted by molar-refractivity contribution is 0.643. The molecule has 1 heteroatoms. The molecule has 1 nitrogen and oxygen atoms in total. The van der Waals surface area contributed by atoms with Gasteiger partial charge in [0, 0.05) is 5.71 Å². The number of benzene rings is 1. The molecule has 0 spiro atoms. The minimum absolute atomic E-state index is 0.600. The zero-order valence-electron chi connectivity index (χ0n) is 14.0. The Morgan fingerprint density at radius 2 is 1.65 bits per heavy atom. The van der Waals surface area contributed by atoms with Crippen molar-refractivity contribution in [1.29, 1.82) is 0 Å². The Hall–Kier alpha value is -1.37. The zero-order valence-corrected chi connectivity index (χ0v) is 14.0. The van der Waals surface area contributed by atoms with Crippen LogP contribution in [0, 0.1) is 25.7 Å². The highest BCUT2D eigenvalue weighted by atomic mass is 14.8. The SMILES string of the molecule is C=C(CC(C)C)/C(CC(C)C)=N\c1ccc(C)cc1C. The van der Waals surface area contributed by atoms with Crippen molar-refractivity contribution >= 4 is 11.4 Å². The molecule has 0 heterocycles. The van der Waals surface area contributed by atoms with E-state index >= 15 is 0 Å². The van der Waals surface area contributed by atoms with Gasteiger partial charge < -0.3 is 0 Å². The van der Waals surface area contributed by atoms with E-state index in [1.165, 1.54) is 22.4 Å². The summed E-state index contributed by atoms with van der Waals surface area (Å²) in [7, 11) is 0. The van der Waals surface area contributed by atoms with E-state index in [1.54, 1.807) is 0 Å². The molecule has 20 heavy (non-hydrogen) atoms. The van der Waals surface area contributed by atoms with E-state index in [-0.39, 0.29) is 0 Å². The Balaban J connectivity index is 3.08. The monoisotopic (exact) mass is 271 g/mol. The van der Waals surface area contributed by atoms with Crippen LogP contribution in [0.15, 0.2) is 35.3 Å². The highest BCUT2D eigenvalue weighted by Crippen LogP contribution is 2.24. The molecule has 0 fully saturated rings. The number of rotatable bonds is 6. The van der Waals surface area contributed by atoms with Crippen molar-refractivity contribution in [3.63, 3.8) is 0 Å². The molecular formula is C19H29N. The fourth-order valence-corrected chi connectivity index (χ4v) is 2.34. The van der Waals surface area contributed by atoms with Crippen molar-refractivity contribution in [1.82, 2.24) is 0 Å². The molecular weight excluding hydrogens is 242 g/mol. The molecule has 1 rings (SSSR count). The zero-order chi connectivity index (χ0) is 15.3. The number of aliphatic imine (C=N–C) groups is 1. The summed E-state index contributed by atoms with van der Waals surface area (Å²) in [5.41, 5.74) is 5.96. The summed E-state index contributed by atoms with van der Waals surface area (Å²) in [4.78, 5) is 4.91. The van der Waals surface area contributed by atoms with Crippen molar-refractivity contribution < 1.29 is 0 Å². The first-order chi connectivity index (χ1) is 9.29. The lowest BCUT2D eigenvalue weighted by atomic mass is 9.94. The van der Waals surface area contributed by atoms with Crippen LogP contribution in [0.2, 0.25) is 0 Å². The fourth-order valence-electron chi connectivity index (χ4n) is 2.34. The van der Waals surface area contributed by atoms with E-state index in [0.29, 0.717) is 11.8 Å².